The number of para-hydroxylation sites is 1. The third-order valence-corrected chi connectivity index (χ3v) is 4.59. The highest BCUT2D eigenvalue weighted by Crippen LogP contribution is 2.17. The Morgan fingerprint density at radius 2 is 1.92 bits per heavy atom. The molecule has 0 atom stereocenters. The van der Waals surface area contributed by atoms with E-state index in [2.05, 4.69) is 71.4 Å². The maximum absolute atomic E-state index is 5.41. The van der Waals surface area contributed by atoms with E-state index < -0.39 is 0 Å². The first-order valence-corrected chi connectivity index (χ1v) is 9.46. The van der Waals surface area contributed by atoms with E-state index in [1.165, 1.54) is 5.69 Å². The summed E-state index contributed by atoms with van der Waals surface area (Å²) in [6.07, 6.45) is 0. The molecule has 6 heteroatoms. The minimum atomic E-state index is 0.371. The Morgan fingerprint density at radius 3 is 2.54 bits per heavy atom. The third kappa shape index (κ3) is 4.56. The lowest BCUT2D eigenvalue weighted by atomic mass is 10.1. The molecule has 140 valence electrons. The zero-order valence-corrected chi connectivity index (χ0v) is 16.0. The van der Waals surface area contributed by atoms with Crippen molar-refractivity contribution < 1.29 is 4.52 Å². The van der Waals surface area contributed by atoms with Crippen molar-refractivity contribution in [2.75, 3.05) is 37.6 Å². The van der Waals surface area contributed by atoms with Gasteiger partial charge in [-0.1, -0.05) is 37.2 Å². The molecule has 6 nitrogen and oxygen atoms in total. The Kier molecular flexibility index (Phi) is 6.15. The van der Waals surface area contributed by atoms with Crippen LogP contribution in [0.25, 0.3) is 0 Å². The van der Waals surface area contributed by atoms with Crippen LogP contribution in [0, 0.1) is 0 Å². The van der Waals surface area contributed by atoms with Gasteiger partial charge in [-0.2, -0.15) is 0 Å². The van der Waals surface area contributed by atoms with Gasteiger partial charge in [0.05, 0.1) is 5.69 Å². The number of aromatic nitrogens is 1. The van der Waals surface area contributed by atoms with Crippen molar-refractivity contribution in [1.82, 2.24) is 15.4 Å². The third-order valence-electron chi connectivity index (χ3n) is 4.59. The van der Waals surface area contributed by atoms with Crippen LogP contribution in [-0.2, 0) is 6.54 Å². The van der Waals surface area contributed by atoms with Crippen molar-refractivity contribution in [2.45, 2.75) is 33.2 Å². The number of nitrogens with zero attached hydrogens (tertiary/aromatic N) is 4. The molecule has 0 radical (unpaired) electrons. The van der Waals surface area contributed by atoms with Gasteiger partial charge in [0.1, 0.15) is 6.54 Å². The molecule has 0 amide bonds. The lowest BCUT2D eigenvalue weighted by Crippen LogP contribution is -2.52. The molecule has 1 N–H and O–H groups in total. The second-order valence-electron chi connectivity index (χ2n) is 6.85. The van der Waals surface area contributed by atoms with E-state index in [0.29, 0.717) is 12.5 Å². The van der Waals surface area contributed by atoms with Crippen molar-refractivity contribution in [1.29, 1.82) is 0 Å². The topological polar surface area (TPSA) is 56.9 Å². The SMILES string of the molecule is CCNC(=NCc1cc(C(C)C)no1)N1CCN(c2ccccc2)CC1. The molecule has 26 heavy (non-hydrogen) atoms. The normalized spacial score (nSPS) is 15.6. The average Bonchev–Trinajstić information content (AvgIpc) is 3.15. The van der Waals surface area contributed by atoms with Gasteiger partial charge in [0, 0.05) is 44.5 Å². The van der Waals surface area contributed by atoms with Gasteiger partial charge in [-0.15, -0.1) is 0 Å². The van der Waals surface area contributed by atoms with Crippen LogP contribution in [0.15, 0.2) is 45.9 Å². The number of aliphatic imine (C=N–C) groups is 1. The Morgan fingerprint density at radius 1 is 1.19 bits per heavy atom. The van der Waals surface area contributed by atoms with Gasteiger partial charge in [0.25, 0.3) is 0 Å². The average molecular weight is 355 g/mol. The second-order valence-corrected chi connectivity index (χ2v) is 6.85. The van der Waals surface area contributed by atoms with Crippen molar-refractivity contribution in [3.63, 3.8) is 0 Å². The monoisotopic (exact) mass is 355 g/mol. The van der Waals surface area contributed by atoms with Crippen LogP contribution in [0.3, 0.4) is 0 Å². The molecule has 0 bridgehead atoms. The highest BCUT2D eigenvalue weighted by molar-refractivity contribution is 5.80. The highest BCUT2D eigenvalue weighted by Gasteiger charge is 2.20. The van der Waals surface area contributed by atoms with E-state index in [9.17, 15) is 0 Å². The van der Waals surface area contributed by atoms with Crippen LogP contribution in [0.1, 0.15) is 38.1 Å². The summed E-state index contributed by atoms with van der Waals surface area (Å²) in [5, 5.41) is 7.51. The Hall–Kier alpha value is -2.50. The van der Waals surface area contributed by atoms with Crippen molar-refractivity contribution in [3.8, 4) is 0 Å². The first-order valence-electron chi connectivity index (χ1n) is 9.46. The summed E-state index contributed by atoms with van der Waals surface area (Å²) < 4.78 is 5.41. The summed E-state index contributed by atoms with van der Waals surface area (Å²) in [5.41, 5.74) is 2.27. The fraction of sp³-hybridized carbons (Fsp3) is 0.500. The minimum Gasteiger partial charge on any atom is -0.368 e. The molecule has 1 aliphatic rings. The van der Waals surface area contributed by atoms with Crippen LogP contribution in [0.2, 0.25) is 0 Å². The van der Waals surface area contributed by atoms with Crippen molar-refractivity contribution in [3.05, 3.63) is 47.9 Å². The molecule has 1 saturated heterocycles. The van der Waals surface area contributed by atoms with E-state index >= 15 is 0 Å². The van der Waals surface area contributed by atoms with Crippen LogP contribution in [0.5, 0.6) is 0 Å². The van der Waals surface area contributed by atoms with Crippen LogP contribution < -0.4 is 10.2 Å². The Bertz CT molecular complexity index is 702. The number of piperazine rings is 1. The maximum atomic E-state index is 5.41. The molecule has 1 aromatic carbocycles. The number of anilines is 1. The Labute approximate surface area is 155 Å². The standard InChI is InChI=1S/C20H29N5O/c1-4-21-20(22-15-18-14-19(16(2)3)23-26-18)25-12-10-24(11-13-25)17-8-6-5-7-9-17/h5-9,14,16H,4,10-13,15H2,1-3H3,(H,21,22). The van der Waals surface area contributed by atoms with E-state index in [0.717, 1.165) is 50.1 Å². The molecule has 2 aromatic rings. The van der Waals surface area contributed by atoms with Gasteiger partial charge in [-0.05, 0) is 25.0 Å². The number of hydrogen-bond acceptors (Lipinski definition) is 4. The van der Waals surface area contributed by atoms with Crippen molar-refractivity contribution >= 4 is 11.6 Å². The van der Waals surface area contributed by atoms with Gasteiger partial charge in [-0.25, -0.2) is 4.99 Å². The molecular weight excluding hydrogens is 326 g/mol. The predicted molar refractivity (Wildman–Crippen MR) is 106 cm³/mol. The zero-order valence-electron chi connectivity index (χ0n) is 16.0. The molecule has 1 aromatic heterocycles. The Balaban J connectivity index is 1.61. The van der Waals surface area contributed by atoms with E-state index in [4.69, 9.17) is 9.52 Å². The van der Waals surface area contributed by atoms with Crippen LogP contribution in [-0.4, -0.2) is 48.7 Å². The predicted octanol–water partition coefficient (Wildman–Crippen LogP) is 3.09. The van der Waals surface area contributed by atoms with Crippen LogP contribution in [0.4, 0.5) is 5.69 Å². The van der Waals surface area contributed by atoms with Gasteiger partial charge in [-0.3, -0.25) is 0 Å². The fourth-order valence-corrected chi connectivity index (χ4v) is 3.07. The quantitative estimate of drug-likeness (QED) is 0.660. The van der Waals surface area contributed by atoms with Gasteiger partial charge < -0.3 is 19.6 Å². The molecular formula is C20H29N5O. The summed E-state index contributed by atoms with van der Waals surface area (Å²) >= 11 is 0. The first-order chi connectivity index (χ1) is 12.7. The first kappa shape index (κ1) is 18.3. The molecule has 2 heterocycles. The number of rotatable bonds is 5. The van der Waals surface area contributed by atoms with Gasteiger partial charge >= 0.3 is 0 Å². The fourth-order valence-electron chi connectivity index (χ4n) is 3.07. The number of benzene rings is 1. The lowest BCUT2D eigenvalue weighted by Gasteiger charge is -2.37. The number of guanidine groups is 1. The summed E-state index contributed by atoms with van der Waals surface area (Å²) in [7, 11) is 0. The van der Waals surface area contributed by atoms with E-state index in [-0.39, 0.29) is 0 Å². The summed E-state index contributed by atoms with van der Waals surface area (Å²) in [6.45, 7) is 11.6. The molecule has 0 aliphatic carbocycles. The summed E-state index contributed by atoms with van der Waals surface area (Å²) in [4.78, 5) is 9.50. The van der Waals surface area contributed by atoms with Crippen molar-refractivity contribution in [2.24, 2.45) is 4.99 Å². The maximum Gasteiger partial charge on any atom is 0.194 e. The zero-order chi connectivity index (χ0) is 18.4. The van der Waals surface area contributed by atoms with E-state index in [1.54, 1.807) is 0 Å². The molecule has 1 fully saturated rings. The highest BCUT2D eigenvalue weighted by atomic mass is 16.5. The molecule has 1 aliphatic heterocycles. The number of nitrogens with one attached hydrogen (secondary N) is 1. The molecule has 0 unspecified atom stereocenters. The minimum absolute atomic E-state index is 0.371. The van der Waals surface area contributed by atoms with Crippen LogP contribution >= 0.6 is 0 Å². The van der Waals surface area contributed by atoms with E-state index in [1.807, 2.05) is 6.07 Å². The number of hydrogen-bond donors (Lipinski definition) is 1. The van der Waals surface area contributed by atoms with Gasteiger partial charge in [0.15, 0.2) is 11.7 Å². The smallest absolute Gasteiger partial charge is 0.194 e. The largest absolute Gasteiger partial charge is 0.368 e. The molecule has 0 spiro atoms. The molecule has 3 rings (SSSR count). The summed E-state index contributed by atoms with van der Waals surface area (Å²) in [6, 6.07) is 12.6. The second kappa shape index (κ2) is 8.74. The molecule has 0 saturated carbocycles. The van der Waals surface area contributed by atoms with Gasteiger partial charge in [0.2, 0.25) is 0 Å². The lowest BCUT2D eigenvalue weighted by molar-refractivity contribution is 0.364. The summed E-state index contributed by atoms with van der Waals surface area (Å²) in [5.74, 6) is 2.13.